The van der Waals surface area contributed by atoms with Gasteiger partial charge >= 0.3 is 6.18 Å². The van der Waals surface area contributed by atoms with Gasteiger partial charge in [-0.05, 0) is 65.4 Å². The Balaban J connectivity index is 0.635. The van der Waals surface area contributed by atoms with Gasteiger partial charge in [0.1, 0.15) is 25.3 Å². The number of aromatic nitrogens is 2. The number of aliphatic hydroxyl groups is 2. The standard InChI is InChI=1S/C65H88F3N11O12S/c1-44-59(92-43-72-44)47-11-9-45(10-12-47)37-71-62(85)55-35-50(80)40-79(55)63(86)60(64(2,3)4)74-58(83)42-91-32-30-89-28-26-87-25-27-88-29-31-90-41-57(82)69-15-16-76-19-21-77(22-20-76)39-46-7-6-8-48(33-46)49-13-14-54(78-23-17-75(5)18-24-78)53(34-49)73-61(84)51-38-70-56(81)36-52(51)65(66,67)68/h6-14,33-34,36,38,43,50,55,60-61,73,80,84H,15-32,35,37,39-42H2,1-5H3,(H,69,82)(H,70,81)(H,71,85)(H,74,83)/t50-,55+,60-,61?/m1/s1. The Morgan fingerprint density at radius 1 is 0.750 bits per heavy atom. The molecule has 7 N–H and O–H groups in total. The highest BCUT2D eigenvalue weighted by Gasteiger charge is 2.45. The fraction of sp³-hybridized carbons (Fsp3) is 0.538. The van der Waals surface area contributed by atoms with Gasteiger partial charge in [-0.25, -0.2) is 4.98 Å². The third-order valence-corrected chi connectivity index (χ3v) is 17.2. The number of carbonyl (C=O) groups is 4. The second kappa shape index (κ2) is 34.3. The van der Waals surface area contributed by atoms with Crippen LogP contribution in [0.2, 0.25) is 0 Å². The number of amides is 4. The lowest BCUT2D eigenvalue weighted by Gasteiger charge is -2.35. The van der Waals surface area contributed by atoms with E-state index in [1.54, 1.807) is 16.8 Å². The number of rotatable bonds is 32. The zero-order valence-electron chi connectivity index (χ0n) is 53.1. The predicted octanol–water partition coefficient (Wildman–Crippen LogP) is 4.47. The van der Waals surface area contributed by atoms with Gasteiger partial charge in [-0.15, -0.1) is 11.3 Å². The molecular weight excluding hydrogens is 1220 g/mol. The van der Waals surface area contributed by atoms with E-state index >= 15 is 0 Å². The van der Waals surface area contributed by atoms with Gasteiger partial charge in [0, 0.05) is 109 Å². The van der Waals surface area contributed by atoms with Crippen molar-refractivity contribution >= 4 is 46.3 Å². The maximum Gasteiger partial charge on any atom is 0.417 e. The lowest BCUT2D eigenvalue weighted by Crippen LogP contribution is -2.58. The van der Waals surface area contributed by atoms with Crippen LogP contribution in [0.15, 0.2) is 89.3 Å². The number of piperazine rings is 2. The number of hydrogen-bond acceptors (Lipinski definition) is 19. The topological polar surface area (TPSA) is 265 Å². The molecule has 0 radical (unpaired) electrons. The van der Waals surface area contributed by atoms with Crippen molar-refractivity contribution in [3.8, 4) is 21.6 Å². The van der Waals surface area contributed by atoms with Gasteiger partial charge in [-0.2, -0.15) is 13.2 Å². The number of likely N-dealkylation sites (tertiary alicyclic amines) is 1. The lowest BCUT2D eigenvalue weighted by molar-refractivity contribution is -0.144. The fourth-order valence-electron chi connectivity index (χ4n) is 11.1. The van der Waals surface area contributed by atoms with Crippen LogP contribution in [0, 0.1) is 12.3 Å². The monoisotopic (exact) mass is 1300 g/mol. The van der Waals surface area contributed by atoms with E-state index in [-0.39, 0.29) is 77.6 Å². The molecule has 3 aliphatic heterocycles. The number of carbonyl (C=O) groups excluding carboxylic acids is 4. The first-order valence-electron chi connectivity index (χ1n) is 31.2. The zero-order chi connectivity index (χ0) is 65.8. The number of likely N-dealkylation sites (N-methyl/N-ethyl adjacent to an activating group) is 1. The van der Waals surface area contributed by atoms with Crippen LogP contribution in [-0.2, 0) is 62.1 Å². The highest BCUT2D eigenvalue weighted by molar-refractivity contribution is 7.13. The van der Waals surface area contributed by atoms with Gasteiger partial charge in [0.25, 0.3) is 0 Å². The molecule has 0 bridgehead atoms. The molecule has 1 unspecified atom stereocenters. The van der Waals surface area contributed by atoms with Crippen LogP contribution in [-0.4, -0.2) is 227 Å². The molecule has 5 aromatic rings. The number of thiazole rings is 1. The Morgan fingerprint density at radius 2 is 1.37 bits per heavy atom. The number of pyridine rings is 1. The zero-order valence-corrected chi connectivity index (χ0v) is 53.9. The quantitative estimate of drug-likeness (QED) is 0.0231. The first-order valence-corrected chi connectivity index (χ1v) is 32.0. The van der Waals surface area contributed by atoms with Crippen molar-refractivity contribution in [1.82, 2.24) is 45.5 Å². The Hall–Kier alpha value is -6.89. The van der Waals surface area contributed by atoms with Crippen molar-refractivity contribution in [2.45, 2.75) is 77.8 Å². The number of β-amino-alcohol motifs (C(OH)–C–C–N with tert-alkyl or cyclic N) is 1. The first-order chi connectivity index (χ1) is 44.1. The van der Waals surface area contributed by atoms with Crippen molar-refractivity contribution in [2.24, 2.45) is 5.41 Å². The second-order valence-electron chi connectivity index (χ2n) is 24.3. The number of alkyl halides is 3. The molecular formula is C65H88F3N11O12S. The Labute approximate surface area is 538 Å². The van der Waals surface area contributed by atoms with Gasteiger partial charge < -0.3 is 74.8 Å². The van der Waals surface area contributed by atoms with Crippen LogP contribution in [0.4, 0.5) is 24.5 Å². The van der Waals surface area contributed by atoms with E-state index in [1.807, 2.05) is 89.3 Å². The largest absolute Gasteiger partial charge is 0.417 e. The fourth-order valence-corrected chi connectivity index (χ4v) is 11.9. The maximum atomic E-state index is 14.0. The molecule has 0 aliphatic carbocycles. The third kappa shape index (κ3) is 21.3. The lowest BCUT2D eigenvalue weighted by atomic mass is 9.85. The van der Waals surface area contributed by atoms with Crippen molar-refractivity contribution < 1.29 is 66.2 Å². The minimum Gasteiger partial charge on any atom is -0.391 e. The molecule has 0 saturated carbocycles. The highest BCUT2D eigenvalue weighted by Crippen LogP contribution is 2.38. The molecule has 5 heterocycles. The molecule has 502 valence electrons. The molecule has 3 saturated heterocycles. The van der Waals surface area contributed by atoms with Crippen LogP contribution >= 0.6 is 11.3 Å². The van der Waals surface area contributed by atoms with Crippen LogP contribution in [0.25, 0.3) is 21.6 Å². The highest BCUT2D eigenvalue weighted by atomic mass is 32.1. The van der Waals surface area contributed by atoms with Gasteiger partial charge in [0.05, 0.1) is 92.0 Å². The summed E-state index contributed by atoms with van der Waals surface area (Å²) in [6, 6.07) is 20.3. The number of aliphatic hydroxyl groups excluding tert-OH is 2. The minimum absolute atomic E-state index is 0.0359. The predicted molar refractivity (Wildman–Crippen MR) is 343 cm³/mol. The van der Waals surface area contributed by atoms with Crippen LogP contribution < -0.4 is 31.7 Å². The van der Waals surface area contributed by atoms with Crippen molar-refractivity contribution in [1.29, 1.82) is 0 Å². The Kier molecular flexibility index (Phi) is 26.5. The Morgan fingerprint density at radius 3 is 2.00 bits per heavy atom. The van der Waals surface area contributed by atoms with Crippen molar-refractivity contribution in [3.05, 3.63) is 123 Å². The molecule has 3 fully saturated rings. The summed E-state index contributed by atoms with van der Waals surface area (Å²) in [5, 5.41) is 33.3. The smallest absolute Gasteiger partial charge is 0.391 e. The number of ether oxygens (including phenoxy) is 5. The number of benzene rings is 3. The van der Waals surface area contributed by atoms with Crippen LogP contribution in [0.3, 0.4) is 0 Å². The SMILES string of the molecule is Cc1ncsc1-c1ccc(CNC(=O)[C@@H]2C[C@@H](O)CN2C(=O)[C@@H](NC(=O)COCCOCCOCCOCCOCC(=O)NCCN2CCN(Cc3cccc(-c4ccc(N5CCN(C)CC5)c(NC(O)c5c[nH]c(=O)cc5C(F)(F)F)c4)c3)CC2)C(C)(C)C)cc1. The Bertz CT molecular complexity index is 3240. The molecule has 27 heteroatoms. The number of H-pyrrole nitrogens is 1. The van der Waals surface area contributed by atoms with Gasteiger partial charge in [-0.3, -0.25) is 33.8 Å². The molecule has 8 rings (SSSR count). The van der Waals surface area contributed by atoms with Crippen LogP contribution in [0.1, 0.15) is 61.4 Å². The number of aromatic amines is 1. The van der Waals surface area contributed by atoms with Gasteiger partial charge in [-0.1, -0.05) is 69.3 Å². The van der Waals surface area contributed by atoms with E-state index in [1.165, 1.54) is 4.90 Å². The normalized spacial score (nSPS) is 17.6. The number of hydrogen-bond donors (Lipinski definition) is 7. The van der Waals surface area contributed by atoms with Gasteiger partial charge in [0.2, 0.25) is 29.2 Å². The molecule has 3 aromatic carbocycles. The molecule has 3 aliphatic rings. The van der Waals surface area contributed by atoms with Crippen LogP contribution in [0.5, 0.6) is 0 Å². The number of nitrogens with zero attached hydrogens (tertiary/aromatic N) is 6. The summed E-state index contributed by atoms with van der Waals surface area (Å²) >= 11 is 1.56. The summed E-state index contributed by atoms with van der Waals surface area (Å²) in [6.07, 6.45) is -6.53. The third-order valence-electron chi connectivity index (χ3n) is 16.2. The number of anilines is 2. The summed E-state index contributed by atoms with van der Waals surface area (Å²) < 4.78 is 69.7. The maximum absolute atomic E-state index is 14.0. The first kappa shape index (κ1) is 71.0. The summed E-state index contributed by atoms with van der Waals surface area (Å²) in [5.41, 5.74) is 5.36. The van der Waals surface area contributed by atoms with E-state index in [4.69, 9.17) is 23.7 Å². The van der Waals surface area contributed by atoms with Crippen molar-refractivity contribution in [3.63, 3.8) is 0 Å². The summed E-state index contributed by atoms with van der Waals surface area (Å²) in [5.74, 6) is -1.57. The second-order valence-corrected chi connectivity index (χ2v) is 25.1. The molecule has 4 amide bonds. The number of nitrogens with one attached hydrogen (secondary N) is 5. The minimum atomic E-state index is -4.85. The molecule has 23 nitrogen and oxygen atoms in total. The summed E-state index contributed by atoms with van der Waals surface area (Å²) in [6.45, 7) is 17.5. The number of halogens is 3. The van der Waals surface area contributed by atoms with Crippen molar-refractivity contribution in [2.75, 3.05) is 155 Å². The average molecular weight is 1300 g/mol. The number of aryl methyl sites for hydroxylation is 1. The van der Waals surface area contributed by atoms with E-state index in [2.05, 4.69) is 63.0 Å². The molecule has 4 atom stereocenters. The summed E-state index contributed by atoms with van der Waals surface area (Å²) in [7, 11) is 2.03. The summed E-state index contributed by atoms with van der Waals surface area (Å²) in [4.78, 5) is 82.8. The van der Waals surface area contributed by atoms with Gasteiger partial charge in [0.15, 0.2) is 6.23 Å². The van der Waals surface area contributed by atoms with E-state index < -0.39 is 64.5 Å². The average Bonchev–Trinajstić information content (AvgIpc) is 1.18. The molecule has 92 heavy (non-hydrogen) atoms. The van der Waals surface area contributed by atoms with E-state index in [0.717, 1.165) is 89.5 Å². The molecule has 2 aromatic heterocycles. The molecule has 0 spiro atoms. The van der Waals surface area contributed by atoms with E-state index in [0.29, 0.717) is 64.3 Å². The van der Waals surface area contributed by atoms with E-state index in [9.17, 15) is 47.4 Å².